The number of anilines is 2. The van der Waals surface area contributed by atoms with Gasteiger partial charge in [-0.1, -0.05) is 17.7 Å². The molecule has 10 heteroatoms. The Labute approximate surface area is 175 Å². The van der Waals surface area contributed by atoms with Crippen molar-refractivity contribution in [2.75, 3.05) is 10.0 Å². The normalized spacial score (nSPS) is 11.7. The highest BCUT2D eigenvalue weighted by atomic mass is 35.5. The summed E-state index contributed by atoms with van der Waals surface area (Å²) in [6, 6.07) is 15.3. The summed E-state index contributed by atoms with van der Waals surface area (Å²) >= 11 is 5.78. The summed E-state index contributed by atoms with van der Waals surface area (Å²) in [6.07, 6.45) is -4.59. The van der Waals surface area contributed by atoms with Crippen LogP contribution in [0.1, 0.15) is 15.9 Å². The molecule has 0 saturated carbocycles. The van der Waals surface area contributed by atoms with Gasteiger partial charge in [-0.25, -0.2) is 8.42 Å². The summed E-state index contributed by atoms with van der Waals surface area (Å²) in [5, 5.41) is 3.09. The SMILES string of the molecule is O=C(Nc1ccc(S(=O)(=O)Nc2cccc(C(F)(F)F)c2)cc1)c1ccc(Cl)cc1. The fourth-order valence-electron chi connectivity index (χ4n) is 2.50. The van der Waals surface area contributed by atoms with Crippen LogP contribution in [0.4, 0.5) is 24.5 Å². The van der Waals surface area contributed by atoms with E-state index < -0.39 is 27.7 Å². The van der Waals surface area contributed by atoms with Crippen molar-refractivity contribution in [3.63, 3.8) is 0 Å². The molecule has 0 saturated heterocycles. The molecule has 1 amide bonds. The lowest BCUT2D eigenvalue weighted by Crippen LogP contribution is -2.15. The molecule has 0 fully saturated rings. The van der Waals surface area contributed by atoms with Gasteiger partial charge in [-0.3, -0.25) is 9.52 Å². The number of nitrogens with one attached hydrogen (secondary N) is 2. The van der Waals surface area contributed by atoms with Gasteiger partial charge in [0.1, 0.15) is 0 Å². The van der Waals surface area contributed by atoms with Crippen LogP contribution >= 0.6 is 11.6 Å². The van der Waals surface area contributed by atoms with E-state index in [-0.39, 0.29) is 10.6 Å². The second-order valence-electron chi connectivity index (χ2n) is 6.17. The molecule has 0 aliphatic heterocycles. The molecule has 0 aromatic heterocycles. The minimum absolute atomic E-state index is 0.176. The number of amides is 1. The first-order chi connectivity index (χ1) is 14.0. The summed E-state index contributed by atoms with van der Waals surface area (Å²) in [7, 11) is -4.12. The average Bonchev–Trinajstić information content (AvgIpc) is 2.68. The molecule has 0 unspecified atom stereocenters. The van der Waals surface area contributed by atoms with Gasteiger partial charge in [0.25, 0.3) is 15.9 Å². The van der Waals surface area contributed by atoms with Crippen molar-refractivity contribution in [3.05, 3.63) is 88.9 Å². The Morgan fingerprint density at radius 3 is 2.10 bits per heavy atom. The minimum Gasteiger partial charge on any atom is -0.322 e. The van der Waals surface area contributed by atoms with Crippen LogP contribution in [0, 0.1) is 0 Å². The van der Waals surface area contributed by atoms with E-state index in [2.05, 4.69) is 10.0 Å². The van der Waals surface area contributed by atoms with Gasteiger partial charge >= 0.3 is 6.18 Å². The third-order valence-corrected chi connectivity index (χ3v) is 5.62. The minimum atomic E-state index is -4.59. The molecule has 0 aliphatic carbocycles. The number of rotatable bonds is 5. The monoisotopic (exact) mass is 454 g/mol. The number of hydrogen-bond donors (Lipinski definition) is 2. The van der Waals surface area contributed by atoms with E-state index in [1.807, 2.05) is 0 Å². The van der Waals surface area contributed by atoms with Gasteiger partial charge in [-0.05, 0) is 66.7 Å². The number of benzene rings is 3. The Hall–Kier alpha value is -3.04. The lowest BCUT2D eigenvalue weighted by molar-refractivity contribution is -0.137. The molecular formula is C20H14ClF3N2O3S. The van der Waals surface area contributed by atoms with E-state index in [0.717, 1.165) is 12.1 Å². The fraction of sp³-hybridized carbons (Fsp3) is 0.0500. The van der Waals surface area contributed by atoms with Crippen LogP contribution in [0.15, 0.2) is 77.7 Å². The maximum atomic E-state index is 12.8. The molecule has 0 atom stereocenters. The fourth-order valence-corrected chi connectivity index (χ4v) is 3.67. The smallest absolute Gasteiger partial charge is 0.322 e. The van der Waals surface area contributed by atoms with Crippen molar-refractivity contribution < 1.29 is 26.4 Å². The van der Waals surface area contributed by atoms with Crippen molar-refractivity contribution >= 4 is 38.9 Å². The molecule has 0 bridgehead atoms. The van der Waals surface area contributed by atoms with E-state index in [9.17, 15) is 26.4 Å². The Kier molecular flexibility index (Phi) is 6.04. The molecule has 2 N–H and O–H groups in total. The summed E-state index contributed by atoms with van der Waals surface area (Å²) in [4.78, 5) is 12.0. The Balaban J connectivity index is 1.73. The highest BCUT2D eigenvalue weighted by Crippen LogP contribution is 2.31. The lowest BCUT2D eigenvalue weighted by Gasteiger charge is -2.12. The highest BCUT2D eigenvalue weighted by Gasteiger charge is 2.30. The van der Waals surface area contributed by atoms with Gasteiger partial charge in [-0.2, -0.15) is 13.2 Å². The van der Waals surface area contributed by atoms with Gasteiger partial charge in [0.15, 0.2) is 0 Å². The Morgan fingerprint density at radius 2 is 1.50 bits per heavy atom. The first-order valence-corrected chi connectivity index (χ1v) is 10.3. The molecule has 0 radical (unpaired) electrons. The summed E-state index contributed by atoms with van der Waals surface area (Å²) in [5.41, 5.74) is -0.483. The van der Waals surface area contributed by atoms with Gasteiger partial charge < -0.3 is 5.32 Å². The number of hydrogen-bond acceptors (Lipinski definition) is 3. The van der Waals surface area contributed by atoms with Crippen molar-refractivity contribution in [2.45, 2.75) is 11.1 Å². The predicted molar refractivity (Wildman–Crippen MR) is 108 cm³/mol. The molecule has 3 aromatic rings. The third kappa shape index (κ3) is 5.31. The van der Waals surface area contributed by atoms with Crippen LogP contribution < -0.4 is 10.0 Å². The number of alkyl halides is 3. The zero-order valence-electron chi connectivity index (χ0n) is 15.1. The van der Waals surface area contributed by atoms with Gasteiger partial charge in [0.2, 0.25) is 0 Å². The number of carbonyl (C=O) groups is 1. The van der Waals surface area contributed by atoms with Crippen LogP contribution in [0.2, 0.25) is 5.02 Å². The zero-order valence-corrected chi connectivity index (χ0v) is 16.6. The maximum absolute atomic E-state index is 12.8. The summed E-state index contributed by atoms with van der Waals surface area (Å²) in [5.74, 6) is -0.413. The topological polar surface area (TPSA) is 75.3 Å². The zero-order chi connectivity index (χ0) is 21.9. The van der Waals surface area contributed by atoms with Crippen molar-refractivity contribution in [1.82, 2.24) is 0 Å². The Bertz CT molecular complexity index is 1160. The second-order valence-corrected chi connectivity index (χ2v) is 8.29. The lowest BCUT2D eigenvalue weighted by atomic mass is 10.2. The van der Waals surface area contributed by atoms with E-state index in [0.29, 0.717) is 22.3 Å². The van der Waals surface area contributed by atoms with Gasteiger partial charge in [0, 0.05) is 22.0 Å². The second kappa shape index (κ2) is 8.37. The number of halogens is 4. The quantitative estimate of drug-likeness (QED) is 0.541. The number of carbonyl (C=O) groups excluding carboxylic acids is 1. The van der Waals surface area contributed by atoms with Crippen molar-refractivity contribution in [1.29, 1.82) is 0 Å². The molecule has 3 rings (SSSR count). The van der Waals surface area contributed by atoms with E-state index >= 15 is 0 Å². The van der Waals surface area contributed by atoms with Crippen LogP contribution in [0.5, 0.6) is 0 Å². The first-order valence-electron chi connectivity index (χ1n) is 8.42. The molecule has 3 aromatic carbocycles. The molecule has 156 valence electrons. The molecule has 5 nitrogen and oxygen atoms in total. The van der Waals surface area contributed by atoms with Crippen molar-refractivity contribution in [2.24, 2.45) is 0 Å². The van der Waals surface area contributed by atoms with Crippen LogP contribution in [0.25, 0.3) is 0 Å². The van der Waals surface area contributed by atoms with E-state index in [4.69, 9.17) is 11.6 Å². The van der Waals surface area contributed by atoms with Crippen molar-refractivity contribution in [3.8, 4) is 0 Å². The highest BCUT2D eigenvalue weighted by molar-refractivity contribution is 7.92. The molecule has 0 spiro atoms. The Morgan fingerprint density at radius 1 is 0.867 bits per heavy atom. The molecule has 0 aliphatic rings. The van der Waals surface area contributed by atoms with Crippen LogP contribution in [-0.2, 0) is 16.2 Å². The summed E-state index contributed by atoms with van der Waals surface area (Å²) in [6.45, 7) is 0. The third-order valence-electron chi connectivity index (χ3n) is 3.97. The van der Waals surface area contributed by atoms with Crippen LogP contribution in [-0.4, -0.2) is 14.3 Å². The van der Waals surface area contributed by atoms with Gasteiger partial charge in [0.05, 0.1) is 10.5 Å². The molecular weight excluding hydrogens is 441 g/mol. The predicted octanol–water partition coefficient (Wildman–Crippen LogP) is 5.41. The first kappa shape index (κ1) is 21.7. The van der Waals surface area contributed by atoms with E-state index in [1.165, 1.54) is 42.5 Å². The maximum Gasteiger partial charge on any atom is 0.416 e. The largest absolute Gasteiger partial charge is 0.416 e. The standard InChI is InChI=1S/C20H14ClF3N2O3S/c21-15-6-4-13(5-7-15)19(27)25-16-8-10-18(11-9-16)30(28,29)26-17-3-1-2-14(12-17)20(22,23)24/h1-12,26H,(H,25,27). The molecule has 0 heterocycles. The molecule has 30 heavy (non-hydrogen) atoms. The average molecular weight is 455 g/mol. The van der Waals surface area contributed by atoms with Crippen LogP contribution in [0.3, 0.4) is 0 Å². The summed E-state index contributed by atoms with van der Waals surface area (Å²) < 4.78 is 65.4. The van der Waals surface area contributed by atoms with Gasteiger partial charge in [-0.15, -0.1) is 0 Å². The van der Waals surface area contributed by atoms with E-state index in [1.54, 1.807) is 12.1 Å². The number of sulfonamides is 1.